The molecule has 2 heterocycles. The molecule has 0 saturated carbocycles. The highest BCUT2D eigenvalue weighted by molar-refractivity contribution is 14.0. The highest BCUT2D eigenvalue weighted by Gasteiger charge is 2.29. The van der Waals surface area contributed by atoms with E-state index in [1.54, 1.807) is 0 Å². The number of aryl methyl sites for hydroxylation is 2. The SMILES string of the molecule is CCNC(=NCc1c(CC)noc1CC)NCC1(O)CCOCC1.I. The van der Waals surface area contributed by atoms with Gasteiger partial charge in [0, 0.05) is 51.1 Å². The van der Waals surface area contributed by atoms with Gasteiger partial charge in [-0.1, -0.05) is 19.0 Å². The molecule has 2 rings (SSSR count). The van der Waals surface area contributed by atoms with Gasteiger partial charge in [0.1, 0.15) is 5.76 Å². The van der Waals surface area contributed by atoms with Crippen molar-refractivity contribution in [2.75, 3.05) is 26.3 Å². The lowest BCUT2D eigenvalue weighted by Crippen LogP contribution is -2.49. The van der Waals surface area contributed by atoms with Gasteiger partial charge in [-0.15, -0.1) is 24.0 Å². The summed E-state index contributed by atoms with van der Waals surface area (Å²) in [6.07, 6.45) is 2.93. The molecule has 0 aromatic carbocycles. The number of hydrogen-bond acceptors (Lipinski definition) is 5. The third-order valence-corrected chi connectivity index (χ3v) is 4.35. The molecule has 1 aromatic rings. The van der Waals surface area contributed by atoms with Gasteiger partial charge in [-0.3, -0.25) is 0 Å². The summed E-state index contributed by atoms with van der Waals surface area (Å²) in [5, 5.41) is 21.1. The second-order valence-electron chi connectivity index (χ2n) is 6.12. The molecule has 1 aliphatic rings. The first-order valence-corrected chi connectivity index (χ1v) is 8.90. The minimum absolute atomic E-state index is 0. The first-order valence-electron chi connectivity index (χ1n) is 8.90. The first-order chi connectivity index (χ1) is 11.6. The highest BCUT2D eigenvalue weighted by Crippen LogP contribution is 2.19. The van der Waals surface area contributed by atoms with Crippen molar-refractivity contribution in [3.8, 4) is 0 Å². The van der Waals surface area contributed by atoms with E-state index in [2.05, 4.69) is 34.6 Å². The summed E-state index contributed by atoms with van der Waals surface area (Å²) in [5.74, 6) is 1.59. The van der Waals surface area contributed by atoms with E-state index in [4.69, 9.17) is 9.26 Å². The van der Waals surface area contributed by atoms with Gasteiger partial charge < -0.3 is 25.0 Å². The Kier molecular flexibility index (Phi) is 9.73. The standard InChI is InChI=1S/C17H30N4O3.HI/c1-4-14-13(15(5-2)24-21-14)11-19-16(18-6-3)20-12-17(22)7-9-23-10-8-17;/h22H,4-12H2,1-3H3,(H2,18,19,20);1H. The zero-order chi connectivity index (χ0) is 17.4. The number of ether oxygens (including phenoxy) is 1. The minimum Gasteiger partial charge on any atom is -0.388 e. The Morgan fingerprint density at radius 3 is 2.52 bits per heavy atom. The van der Waals surface area contributed by atoms with Crippen LogP contribution in [0.15, 0.2) is 9.52 Å². The summed E-state index contributed by atoms with van der Waals surface area (Å²) in [6.45, 7) is 9.09. The van der Waals surface area contributed by atoms with Crippen LogP contribution in [0, 0.1) is 0 Å². The molecule has 25 heavy (non-hydrogen) atoms. The molecule has 144 valence electrons. The third kappa shape index (κ3) is 6.41. The molecule has 0 aliphatic carbocycles. The molecule has 0 amide bonds. The molecule has 8 heteroatoms. The fraction of sp³-hybridized carbons (Fsp3) is 0.765. The molecular formula is C17H31IN4O3. The Morgan fingerprint density at radius 1 is 1.20 bits per heavy atom. The minimum atomic E-state index is -0.727. The summed E-state index contributed by atoms with van der Waals surface area (Å²) in [7, 11) is 0. The zero-order valence-electron chi connectivity index (χ0n) is 15.4. The first kappa shape index (κ1) is 22.2. The molecule has 7 nitrogen and oxygen atoms in total. The summed E-state index contributed by atoms with van der Waals surface area (Å²) >= 11 is 0. The van der Waals surface area contributed by atoms with E-state index >= 15 is 0 Å². The predicted octanol–water partition coefficient (Wildman–Crippen LogP) is 2.01. The molecule has 0 bridgehead atoms. The van der Waals surface area contributed by atoms with E-state index < -0.39 is 5.60 Å². The summed E-state index contributed by atoms with van der Waals surface area (Å²) in [6, 6.07) is 0. The number of aliphatic imine (C=N–C) groups is 1. The smallest absolute Gasteiger partial charge is 0.191 e. The fourth-order valence-corrected chi connectivity index (χ4v) is 2.79. The van der Waals surface area contributed by atoms with Gasteiger partial charge in [-0.05, 0) is 13.3 Å². The lowest BCUT2D eigenvalue weighted by Gasteiger charge is -2.32. The van der Waals surface area contributed by atoms with Gasteiger partial charge in [-0.2, -0.15) is 0 Å². The quantitative estimate of drug-likeness (QED) is 0.324. The molecule has 0 atom stereocenters. The van der Waals surface area contributed by atoms with Gasteiger partial charge in [0.25, 0.3) is 0 Å². The van der Waals surface area contributed by atoms with Crippen LogP contribution in [0.3, 0.4) is 0 Å². The number of nitrogens with zero attached hydrogens (tertiary/aromatic N) is 2. The van der Waals surface area contributed by atoms with E-state index in [0.29, 0.717) is 45.1 Å². The van der Waals surface area contributed by atoms with Gasteiger partial charge in [-0.25, -0.2) is 4.99 Å². The average molecular weight is 466 g/mol. The van der Waals surface area contributed by atoms with Gasteiger partial charge >= 0.3 is 0 Å². The maximum atomic E-state index is 10.6. The Balaban J connectivity index is 0.00000312. The topological polar surface area (TPSA) is 91.9 Å². The van der Waals surface area contributed by atoms with Gasteiger partial charge in [0.15, 0.2) is 5.96 Å². The molecular weight excluding hydrogens is 435 g/mol. The third-order valence-electron chi connectivity index (χ3n) is 4.35. The van der Waals surface area contributed by atoms with Crippen LogP contribution >= 0.6 is 24.0 Å². The van der Waals surface area contributed by atoms with E-state index in [1.807, 2.05) is 6.92 Å². The Labute approximate surface area is 167 Å². The Hall–Kier alpha value is -0.870. The van der Waals surface area contributed by atoms with Crippen LogP contribution in [-0.2, 0) is 24.1 Å². The maximum Gasteiger partial charge on any atom is 0.191 e. The lowest BCUT2D eigenvalue weighted by molar-refractivity contribution is -0.0594. The van der Waals surface area contributed by atoms with Crippen LogP contribution in [0.5, 0.6) is 0 Å². The number of aliphatic hydroxyl groups is 1. The molecule has 0 spiro atoms. The van der Waals surface area contributed by atoms with Crippen LogP contribution in [0.1, 0.15) is 50.6 Å². The summed E-state index contributed by atoms with van der Waals surface area (Å²) in [4.78, 5) is 4.64. The molecule has 1 aliphatic heterocycles. The van der Waals surface area contributed by atoms with Crippen LogP contribution in [0.25, 0.3) is 0 Å². The van der Waals surface area contributed by atoms with Crippen molar-refractivity contribution in [2.24, 2.45) is 4.99 Å². The van der Waals surface area contributed by atoms with Crippen LogP contribution < -0.4 is 10.6 Å². The van der Waals surface area contributed by atoms with Crippen molar-refractivity contribution in [3.05, 3.63) is 17.0 Å². The Morgan fingerprint density at radius 2 is 1.92 bits per heavy atom. The monoisotopic (exact) mass is 466 g/mol. The molecule has 1 aromatic heterocycles. The number of aromatic nitrogens is 1. The van der Waals surface area contributed by atoms with Crippen LogP contribution in [-0.4, -0.2) is 48.1 Å². The molecule has 1 saturated heterocycles. The van der Waals surface area contributed by atoms with Crippen molar-refractivity contribution in [3.63, 3.8) is 0 Å². The second-order valence-corrected chi connectivity index (χ2v) is 6.12. The predicted molar refractivity (Wildman–Crippen MR) is 108 cm³/mol. The lowest BCUT2D eigenvalue weighted by atomic mass is 9.94. The number of hydrogen-bond donors (Lipinski definition) is 3. The second kappa shape index (κ2) is 11.0. The van der Waals surface area contributed by atoms with Crippen molar-refractivity contribution < 1.29 is 14.4 Å². The van der Waals surface area contributed by atoms with Crippen molar-refractivity contribution in [2.45, 2.75) is 58.6 Å². The van der Waals surface area contributed by atoms with Crippen molar-refractivity contribution in [1.29, 1.82) is 0 Å². The average Bonchev–Trinajstić information content (AvgIpc) is 3.00. The van der Waals surface area contributed by atoms with E-state index in [-0.39, 0.29) is 24.0 Å². The molecule has 1 fully saturated rings. The number of guanidine groups is 1. The van der Waals surface area contributed by atoms with E-state index in [0.717, 1.165) is 36.4 Å². The van der Waals surface area contributed by atoms with Crippen molar-refractivity contribution in [1.82, 2.24) is 15.8 Å². The maximum absolute atomic E-state index is 10.6. The number of nitrogens with one attached hydrogen (secondary N) is 2. The summed E-state index contributed by atoms with van der Waals surface area (Å²) < 4.78 is 10.7. The van der Waals surface area contributed by atoms with Gasteiger partial charge in [0.05, 0.1) is 17.8 Å². The zero-order valence-corrected chi connectivity index (χ0v) is 17.8. The van der Waals surface area contributed by atoms with Crippen molar-refractivity contribution >= 4 is 29.9 Å². The van der Waals surface area contributed by atoms with E-state index in [9.17, 15) is 5.11 Å². The Bertz CT molecular complexity index is 520. The fourth-order valence-electron chi connectivity index (χ4n) is 2.79. The number of rotatable bonds is 7. The molecule has 3 N–H and O–H groups in total. The van der Waals surface area contributed by atoms with Gasteiger partial charge in [0.2, 0.25) is 0 Å². The van der Waals surface area contributed by atoms with E-state index in [1.165, 1.54) is 0 Å². The van der Waals surface area contributed by atoms with Crippen LogP contribution in [0.2, 0.25) is 0 Å². The van der Waals surface area contributed by atoms with Crippen LogP contribution in [0.4, 0.5) is 0 Å². The summed E-state index contributed by atoms with van der Waals surface area (Å²) in [5.41, 5.74) is 1.31. The number of halogens is 1. The largest absolute Gasteiger partial charge is 0.388 e. The molecule has 0 radical (unpaired) electrons. The normalized spacial score (nSPS) is 17.0. The molecule has 0 unspecified atom stereocenters. The highest BCUT2D eigenvalue weighted by atomic mass is 127.